The lowest BCUT2D eigenvalue weighted by atomic mass is 9.35. The molecule has 0 aromatic heterocycles. The molecule has 1 amide bonds. The van der Waals surface area contributed by atoms with Crippen molar-refractivity contribution in [1.82, 2.24) is 5.32 Å². The Morgan fingerprint density at radius 1 is 1.03 bits per heavy atom. The summed E-state index contributed by atoms with van der Waals surface area (Å²) < 4.78 is 5.47. The van der Waals surface area contributed by atoms with Crippen molar-refractivity contribution < 1.29 is 19.4 Å². The molecule has 0 unspecified atom stereocenters. The van der Waals surface area contributed by atoms with Gasteiger partial charge in [-0.25, -0.2) is 4.79 Å². The summed E-state index contributed by atoms with van der Waals surface area (Å²) in [6.45, 7) is 17.6. The number of aliphatic hydroxyl groups is 1. The summed E-state index contributed by atoms with van der Waals surface area (Å²) in [7, 11) is 0. The van der Waals surface area contributed by atoms with Crippen LogP contribution in [0.4, 0.5) is 4.79 Å². The maximum atomic E-state index is 12.7. The molecule has 5 aliphatic carbocycles. The second-order valence-electron chi connectivity index (χ2n) is 14.2. The van der Waals surface area contributed by atoms with Crippen LogP contribution in [0.1, 0.15) is 100 Å². The highest BCUT2D eigenvalue weighted by Crippen LogP contribution is 2.75. The fourth-order valence-corrected chi connectivity index (χ4v) is 9.06. The van der Waals surface area contributed by atoms with Gasteiger partial charge in [-0.1, -0.05) is 45.4 Å². The molecule has 5 nitrogen and oxygen atoms in total. The lowest BCUT2D eigenvalue weighted by molar-refractivity contribution is -0.153. The number of amides is 1. The second-order valence-corrected chi connectivity index (χ2v) is 14.2. The van der Waals surface area contributed by atoms with E-state index in [1.54, 1.807) is 6.08 Å². The minimum atomic E-state index is -0.311. The summed E-state index contributed by atoms with van der Waals surface area (Å²) in [6.07, 6.45) is 13.1. The van der Waals surface area contributed by atoms with E-state index in [9.17, 15) is 14.7 Å². The SMILES string of the molecule is CC1=C(O)C(=O)C=C2C1=CC=C1[C@@]2(C)CC[C@@]2(C)[C@@H]3C[C@](C)(NC(=O)OC(C)C)CC[C@]3(C)CC[C@]12C. The average molecular weight is 508 g/mol. The number of aliphatic hydroxyl groups excluding tert-OH is 1. The quantitative estimate of drug-likeness (QED) is 0.406. The lowest BCUT2D eigenvalue weighted by Crippen LogP contribution is -2.64. The van der Waals surface area contributed by atoms with Gasteiger partial charge in [0.25, 0.3) is 0 Å². The molecule has 0 radical (unpaired) electrons. The highest BCUT2D eigenvalue weighted by Gasteiger charge is 2.66. The summed E-state index contributed by atoms with van der Waals surface area (Å²) in [5.41, 5.74) is 3.99. The highest BCUT2D eigenvalue weighted by molar-refractivity contribution is 6.06. The summed E-state index contributed by atoms with van der Waals surface area (Å²) in [5, 5.41) is 13.6. The number of carbonyl (C=O) groups is 2. The maximum absolute atomic E-state index is 12.7. The largest absolute Gasteiger partial charge is 0.504 e. The Bertz CT molecular complexity index is 1190. The van der Waals surface area contributed by atoms with Gasteiger partial charge in [-0.2, -0.15) is 0 Å². The number of fused-ring (bicyclic) bond motifs is 7. The van der Waals surface area contributed by atoms with Crippen LogP contribution in [0.3, 0.4) is 0 Å². The van der Waals surface area contributed by atoms with Crippen LogP contribution in [0.15, 0.2) is 46.3 Å². The minimum absolute atomic E-state index is 0.0239. The molecule has 6 atom stereocenters. The Balaban J connectivity index is 1.54. The fraction of sp³-hybridized carbons (Fsp3) is 0.688. The number of allylic oxidation sites excluding steroid dienone is 7. The molecule has 5 rings (SSSR count). The molecule has 0 spiro atoms. The molecular weight excluding hydrogens is 462 g/mol. The van der Waals surface area contributed by atoms with Crippen molar-refractivity contribution in [3.63, 3.8) is 0 Å². The first-order valence-corrected chi connectivity index (χ1v) is 14.2. The minimum Gasteiger partial charge on any atom is -0.504 e. The summed E-state index contributed by atoms with van der Waals surface area (Å²) in [4.78, 5) is 25.3. The van der Waals surface area contributed by atoms with E-state index in [-0.39, 0.29) is 50.9 Å². The summed E-state index contributed by atoms with van der Waals surface area (Å²) >= 11 is 0. The van der Waals surface area contributed by atoms with Crippen LogP contribution >= 0.6 is 0 Å². The standard InChI is InChI=1S/C32H45NO4/c1-19(2)37-27(36)33-29(5)13-11-28(4)12-15-31(7)24-10-9-21-20(3)26(35)23(34)17-22(21)30(24,6)14-16-32(31,8)25(28)18-29/h9-10,17,19,25,35H,11-16,18H2,1-8H3,(H,33,36)/t25-,28-,29-,30+,31-,32+/m1/s1. The number of rotatable bonds is 2. The first kappa shape index (κ1) is 26.3. The molecule has 0 bridgehead atoms. The molecule has 0 heterocycles. The van der Waals surface area contributed by atoms with E-state index in [4.69, 9.17) is 4.74 Å². The van der Waals surface area contributed by atoms with E-state index in [0.717, 1.165) is 56.1 Å². The van der Waals surface area contributed by atoms with E-state index in [1.807, 2.05) is 20.8 Å². The van der Waals surface area contributed by atoms with Crippen molar-refractivity contribution in [3.8, 4) is 0 Å². The predicted octanol–water partition coefficient (Wildman–Crippen LogP) is 7.50. The van der Waals surface area contributed by atoms with Crippen LogP contribution in [0, 0.1) is 27.6 Å². The van der Waals surface area contributed by atoms with Crippen LogP contribution in [0.25, 0.3) is 0 Å². The Morgan fingerprint density at radius 2 is 1.70 bits per heavy atom. The molecule has 3 fully saturated rings. The Hall–Kier alpha value is -2.30. The number of carbonyl (C=O) groups excluding carboxylic acids is 2. The fourth-order valence-electron chi connectivity index (χ4n) is 9.06. The van der Waals surface area contributed by atoms with Gasteiger partial charge >= 0.3 is 6.09 Å². The van der Waals surface area contributed by atoms with Gasteiger partial charge in [-0.15, -0.1) is 0 Å². The monoisotopic (exact) mass is 507 g/mol. The number of ether oxygens (including phenoxy) is 1. The van der Waals surface area contributed by atoms with Crippen molar-refractivity contribution in [2.75, 3.05) is 0 Å². The van der Waals surface area contributed by atoms with Gasteiger partial charge < -0.3 is 15.2 Å². The molecule has 3 saturated carbocycles. The number of hydrogen-bond acceptors (Lipinski definition) is 4. The zero-order valence-electron chi connectivity index (χ0n) is 24.0. The first-order chi connectivity index (χ1) is 17.1. The lowest BCUT2D eigenvalue weighted by Gasteiger charge is -2.70. The number of alkyl carbamates (subject to hydrolysis) is 1. The molecule has 5 aliphatic rings. The molecule has 202 valence electrons. The average Bonchev–Trinajstić information content (AvgIpc) is 2.80. The van der Waals surface area contributed by atoms with E-state index < -0.39 is 0 Å². The van der Waals surface area contributed by atoms with Crippen molar-refractivity contribution in [2.45, 2.75) is 112 Å². The molecule has 0 aromatic rings. The van der Waals surface area contributed by atoms with Gasteiger partial charge in [0, 0.05) is 16.5 Å². The molecule has 2 N–H and O–H groups in total. The topological polar surface area (TPSA) is 75.6 Å². The van der Waals surface area contributed by atoms with Gasteiger partial charge in [-0.05, 0) is 112 Å². The zero-order chi connectivity index (χ0) is 27.2. The van der Waals surface area contributed by atoms with Gasteiger partial charge in [0.05, 0.1) is 6.10 Å². The third-order valence-corrected chi connectivity index (χ3v) is 11.6. The van der Waals surface area contributed by atoms with Crippen LogP contribution in [-0.2, 0) is 9.53 Å². The molecular formula is C32H45NO4. The Labute approximate surface area is 222 Å². The van der Waals surface area contributed by atoms with Crippen LogP contribution in [0.5, 0.6) is 0 Å². The zero-order valence-corrected chi connectivity index (χ0v) is 24.0. The van der Waals surface area contributed by atoms with E-state index in [1.165, 1.54) is 5.57 Å². The van der Waals surface area contributed by atoms with E-state index in [0.29, 0.717) is 11.5 Å². The van der Waals surface area contributed by atoms with Crippen molar-refractivity contribution in [1.29, 1.82) is 0 Å². The van der Waals surface area contributed by atoms with Gasteiger partial charge in [-0.3, -0.25) is 4.79 Å². The maximum Gasteiger partial charge on any atom is 0.407 e. The smallest absolute Gasteiger partial charge is 0.407 e. The van der Waals surface area contributed by atoms with E-state index >= 15 is 0 Å². The van der Waals surface area contributed by atoms with Crippen molar-refractivity contribution in [2.24, 2.45) is 27.6 Å². The van der Waals surface area contributed by atoms with E-state index in [2.05, 4.69) is 52.1 Å². The van der Waals surface area contributed by atoms with Crippen molar-refractivity contribution in [3.05, 3.63) is 46.3 Å². The second kappa shape index (κ2) is 8.10. The van der Waals surface area contributed by atoms with Gasteiger partial charge in [0.1, 0.15) is 0 Å². The van der Waals surface area contributed by atoms with Crippen LogP contribution < -0.4 is 5.32 Å². The molecule has 5 heteroatoms. The number of nitrogens with one attached hydrogen (secondary N) is 1. The third kappa shape index (κ3) is 3.62. The first-order valence-electron chi connectivity index (χ1n) is 14.2. The molecule has 0 aromatic carbocycles. The number of ketones is 1. The summed E-state index contributed by atoms with van der Waals surface area (Å²) in [6, 6.07) is 0. The number of hydrogen-bond donors (Lipinski definition) is 2. The van der Waals surface area contributed by atoms with Gasteiger partial charge in [0.15, 0.2) is 5.76 Å². The van der Waals surface area contributed by atoms with Crippen LogP contribution in [-0.4, -0.2) is 28.6 Å². The third-order valence-electron chi connectivity index (χ3n) is 11.6. The van der Waals surface area contributed by atoms with Crippen LogP contribution in [0.2, 0.25) is 0 Å². The Morgan fingerprint density at radius 3 is 2.38 bits per heavy atom. The normalized spacial score (nSPS) is 43.0. The molecule has 0 aliphatic heterocycles. The van der Waals surface area contributed by atoms with Gasteiger partial charge in [0.2, 0.25) is 5.78 Å². The molecule has 0 saturated heterocycles. The van der Waals surface area contributed by atoms with Crippen molar-refractivity contribution >= 4 is 11.9 Å². The highest BCUT2D eigenvalue weighted by atomic mass is 16.6. The molecule has 37 heavy (non-hydrogen) atoms. The predicted molar refractivity (Wildman–Crippen MR) is 146 cm³/mol. The summed E-state index contributed by atoms with van der Waals surface area (Å²) in [5.74, 6) is 0.0604. The Kier molecular flexibility index (Phi) is 5.76.